The van der Waals surface area contributed by atoms with E-state index in [9.17, 15) is 0 Å². The molecule has 0 spiro atoms. The van der Waals surface area contributed by atoms with Crippen molar-refractivity contribution < 1.29 is 9.15 Å². The monoisotopic (exact) mass is 662 g/mol. The van der Waals surface area contributed by atoms with Gasteiger partial charge in [0.15, 0.2) is 5.58 Å². The van der Waals surface area contributed by atoms with Crippen LogP contribution in [0.3, 0.4) is 0 Å². The Hall–Kier alpha value is -6.17. The molecule has 50 heavy (non-hydrogen) atoms. The number of para-hydroxylation sites is 3. The van der Waals surface area contributed by atoms with Gasteiger partial charge in [-0.1, -0.05) is 60.7 Å². The quantitative estimate of drug-likeness (QED) is 0.184. The fourth-order valence-electron chi connectivity index (χ4n) is 7.07. The number of thiophene rings is 1. The van der Waals surface area contributed by atoms with Crippen molar-refractivity contribution in [1.82, 2.24) is 4.98 Å². The molecule has 0 fully saturated rings. The first-order chi connectivity index (χ1) is 24.7. The second kappa shape index (κ2) is 11.8. The summed E-state index contributed by atoms with van der Waals surface area (Å²) in [7, 11) is 0. The van der Waals surface area contributed by atoms with E-state index in [-0.39, 0.29) is 0 Å². The minimum Gasteiger partial charge on any atom is -0.457 e. The van der Waals surface area contributed by atoms with Gasteiger partial charge >= 0.3 is 0 Å². The number of hydrogen-bond donors (Lipinski definition) is 0. The lowest BCUT2D eigenvalue weighted by Gasteiger charge is -2.26. The fourth-order valence-corrected chi connectivity index (χ4v) is 8.24. The van der Waals surface area contributed by atoms with Gasteiger partial charge in [0.1, 0.15) is 17.0 Å². The Morgan fingerprint density at radius 1 is 0.580 bits per heavy atom. The summed E-state index contributed by atoms with van der Waals surface area (Å²) in [5.41, 5.74) is 8.08. The van der Waals surface area contributed by atoms with Crippen molar-refractivity contribution in [2.45, 2.75) is 12.8 Å². The van der Waals surface area contributed by atoms with Gasteiger partial charge in [0, 0.05) is 48.4 Å². The molecule has 2 aromatic heterocycles. The molecule has 0 bridgehead atoms. The second-order valence-electron chi connectivity index (χ2n) is 12.7. The lowest BCUT2D eigenvalue weighted by molar-refractivity contribution is 0.512. The van der Waals surface area contributed by atoms with Crippen LogP contribution in [0.1, 0.15) is 17.5 Å². The molecule has 0 N–H and O–H groups in total. The summed E-state index contributed by atoms with van der Waals surface area (Å²) in [5.74, 6) is 2.45. The Bertz CT molecular complexity index is 2710. The molecule has 0 aliphatic carbocycles. The van der Waals surface area contributed by atoms with Crippen molar-refractivity contribution in [2.75, 3.05) is 4.90 Å². The number of nitrogens with zero attached hydrogens (tertiary/aromatic N) is 2. The minimum atomic E-state index is 0.617. The molecular weight excluding hydrogens is 633 g/mol. The molecule has 10 rings (SSSR count). The van der Waals surface area contributed by atoms with Crippen molar-refractivity contribution in [3.05, 3.63) is 169 Å². The maximum atomic E-state index is 6.43. The van der Waals surface area contributed by atoms with Gasteiger partial charge in [-0.2, -0.15) is 0 Å². The largest absolute Gasteiger partial charge is 0.457 e. The number of ether oxygens (including phenoxy) is 1. The van der Waals surface area contributed by atoms with E-state index in [4.69, 9.17) is 14.1 Å². The van der Waals surface area contributed by atoms with E-state index < -0.39 is 0 Å². The van der Waals surface area contributed by atoms with Gasteiger partial charge in [0.2, 0.25) is 5.89 Å². The summed E-state index contributed by atoms with van der Waals surface area (Å²) >= 11 is 1.85. The van der Waals surface area contributed by atoms with Crippen molar-refractivity contribution in [2.24, 2.45) is 0 Å². The summed E-state index contributed by atoms with van der Waals surface area (Å²) in [6.45, 7) is 0. The van der Waals surface area contributed by atoms with Crippen LogP contribution in [0.5, 0.6) is 5.75 Å². The lowest BCUT2D eigenvalue weighted by Crippen LogP contribution is -2.10. The first-order valence-electron chi connectivity index (χ1n) is 16.9. The van der Waals surface area contributed by atoms with Crippen molar-refractivity contribution in [1.29, 1.82) is 0 Å². The van der Waals surface area contributed by atoms with Gasteiger partial charge in [0.25, 0.3) is 0 Å². The number of anilines is 3. The summed E-state index contributed by atoms with van der Waals surface area (Å²) in [5, 5.41) is 5.11. The van der Waals surface area contributed by atoms with Crippen molar-refractivity contribution in [3.63, 3.8) is 0 Å². The van der Waals surface area contributed by atoms with E-state index >= 15 is 0 Å². The maximum Gasteiger partial charge on any atom is 0.227 e. The van der Waals surface area contributed by atoms with E-state index in [1.165, 1.54) is 36.5 Å². The zero-order chi connectivity index (χ0) is 33.0. The van der Waals surface area contributed by atoms with Crippen LogP contribution in [0.4, 0.5) is 17.1 Å². The normalized spacial score (nSPS) is 12.9. The highest BCUT2D eigenvalue weighted by atomic mass is 32.1. The summed E-state index contributed by atoms with van der Waals surface area (Å²) in [6.07, 6.45) is 4.12. The van der Waals surface area contributed by atoms with Crippen molar-refractivity contribution >= 4 is 76.2 Å². The first kappa shape index (κ1) is 28.8. The number of allylic oxidation sites excluding steroid dienone is 1. The standard InChI is InChI=1S/C45H30N2O2S/c1-2-10-33-27-43-38(26-32(33)9-1)37-25-24-36(28-44(37)50-43)47(35-22-18-31(19-23-35)45-46-39-12-4-6-14-42(39)49-45)34-20-16-30(17-21-34)41-15-7-11-29-8-3-5-13-40(29)48-41/h1-6,8-10,12-28H,7,11H2. The van der Waals surface area contributed by atoms with Gasteiger partial charge < -0.3 is 14.1 Å². The molecule has 1 aliphatic heterocycles. The molecule has 4 nitrogen and oxygen atoms in total. The number of fused-ring (bicyclic) bond motifs is 6. The highest BCUT2D eigenvalue weighted by molar-refractivity contribution is 7.25. The Balaban J connectivity index is 1.06. The van der Waals surface area contributed by atoms with Gasteiger partial charge in [-0.3, -0.25) is 0 Å². The van der Waals surface area contributed by atoms with E-state index in [2.05, 4.69) is 132 Å². The molecule has 0 atom stereocenters. The van der Waals surface area contributed by atoms with Crippen LogP contribution in [0.2, 0.25) is 0 Å². The average Bonchev–Trinajstić information content (AvgIpc) is 3.68. The Labute approximate surface area is 293 Å². The predicted molar refractivity (Wildman–Crippen MR) is 208 cm³/mol. The number of benzene rings is 7. The molecule has 238 valence electrons. The zero-order valence-electron chi connectivity index (χ0n) is 27.0. The van der Waals surface area contributed by atoms with Crippen LogP contribution in [-0.4, -0.2) is 4.98 Å². The van der Waals surface area contributed by atoms with Crippen LogP contribution >= 0.6 is 11.3 Å². The van der Waals surface area contributed by atoms with E-state index in [1.807, 2.05) is 41.7 Å². The molecule has 1 aliphatic rings. The summed E-state index contributed by atoms with van der Waals surface area (Å²) in [4.78, 5) is 7.04. The summed E-state index contributed by atoms with van der Waals surface area (Å²) in [6, 6.07) is 53.4. The van der Waals surface area contributed by atoms with Crippen LogP contribution in [-0.2, 0) is 6.42 Å². The van der Waals surface area contributed by atoms with Gasteiger partial charge in [-0.15, -0.1) is 11.3 Å². The third kappa shape index (κ3) is 5.02. The highest BCUT2D eigenvalue weighted by Crippen LogP contribution is 2.42. The number of aromatic nitrogens is 1. The van der Waals surface area contributed by atoms with E-state index in [1.54, 1.807) is 0 Å². The molecule has 3 heterocycles. The molecule has 0 amide bonds. The minimum absolute atomic E-state index is 0.617. The smallest absolute Gasteiger partial charge is 0.227 e. The van der Waals surface area contributed by atoms with Crippen LogP contribution < -0.4 is 9.64 Å². The molecule has 0 saturated carbocycles. The Morgan fingerprint density at radius 2 is 1.26 bits per heavy atom. The topological polar surface area (TPSA) is 38.5 Å². The third-order valence-corrected chi connectivity index (χ3v) is 10.7. The Kier molecular flexibility index (Phi) is 6.78. The number of rotatable bonds is 5. The zero-order valence-corrected chi connectivity index (χ0v) is 27.9. The second-order valence-corrected chi connectivity index (χ2v) is 13.8. The number of hydrogen-bond acceptors (Lipinski definition) is 5. The van der Waals surface area contributed by atoms with Gasteiger partial charge in [-0.25, -0.2) is 4.98 Å². The average molecular weight is 663 g/mol. The predicted octanol–water partition coefficient (Wildman–Crippen LogP) is 12.9. The highest BCUT2D eigenvalue weighted by Gasteiger charge is 2.18. The van der Waals surface area contributed by atoms with E-state index in [0.29, 0.717) is 5.89 Å². The maximum absolute atomic E-state index is 6.43. The SMILES string of the molecule is C1=C(c2ccc(N(c3ccc(-c4nc5ccccc5o4)cc3)c3ccc4c(c3)sc3cc5ccccc5cc34)cc2)Oc2ccccc2CC1. The molecule has 9 aromatic rings. The summed E-state index contributed by atoms with van der Waals surface area (Å²) < 4.78 is 15.1. The molecule has 7 aromatic carbocycles. The molecule has 0 radical (unpaired) electrons. The molecule has 0 unspecified atom stereocenters. The molecule has 0 saturated heterocycles. The molecule has 5 heteroatoms. The van der Waals surface area contributed by atoms with Crippen LogP contribution in [0.25, 0.3) is 59.3 Å². The van der Waals surface area contributed by atoms with Crippen LogP contribution in [0.15, 0.2) is 162 Å². The van der Waals surface area contributed by atoms with Gasteiger partial charge in [0.05, 0.1) is 0 Å². The lowest BCUT2D eigenvalue weighted by atomic mass is 10.1. The Morgan fingerprint density at radius 3 is 2.08 bits per heavy atom. The molecular formula is C45H30N2O2S. The fraction of sp³-hybridized carbons (Fsp3) is 0.0444. The number of aryl methyl sites for hydroxylation is 1. The first-order valence-corrected chi connectivity index (χ1v) is 17.7. The van der Waals surface area contributed by atoms with Crippen LogP contribution in [0, 0.1) is 0 Å². The van der Waals surface area contributed by atoms with E-state index in [0.717, 1.165) is 63.6 Å². The number of oxazole rings is 1. The van der Waals surface area contributed by atoms with Crippen molar-refractivity contribution in [3.8, 4) is 17.2 Å². The third-order valence-electron chi connectivity index (χ3n) is 9.59. The van der Waals surface area contributed by atoms with Gasteiger partial charge in [-0.05, 0) is 126 Å².